The Labute approximate surface area is 325 Å². The van der Waals surface area contributed by atoms with Crippen LogP contribution >= 0.6 is 0 Å². The maximum absolute atomic E-state index is 6.67. The lowest BCUT2D eigenvalue weighted by Crippen LogP contribution is -2.00. The molecule has 12 aromatic rings. The molecule has 57 heavy (non-hydrogen) atoms. The van der Waals surface area contributed by atoms with E-state index in [1.807, 2.05) is 72.8 Å². The highest BCUT2D eigenvalue weighted by Crippen LogP contribution is 2.40. The van der Waals surface area contributed by atoms with Crippen LogP contribution in [0.3, 0.4) is 0 Å². The number of hydrogen-bond donors (Lipinski definition) is 0. The summed E-state index contributed by atoms with van der Waals surface area (Å²) in [5.41, 5.74) is 11.6. The summed E-state index contributed by atoms with van der Waals surface area (Å²) in [6, 6.07) is 62.7. The fourth-order valence-corrected chi connectivity index (χ4v) is 8.35. The highest BCUT2D eigenvalue weighted by atomic mass is 16.3. The number of rotatable bonds is 5. The van der Waals surface area contributed by atoms with Crippen LogP contribution in [0.15, 0.2) is 191 Å². The summed E-state index contributed by atoms with van der Waals surface area (Å²) in [5, 5.41) is 6.63. The van der Waals surface area contributed by atoms with E-state index in [1.165, 1.54) is 10.8 Å². The van der Waals surface area contributed by atoms with Gasteiger partial charge < -0.3 is 13.4 Å². The first-order chi connectivity index (χ1) is 28.2. The minimum absolute atomic E-state index is 0.609. The normalized spacial score (nSPS) is 11.9. The minimum atomic E-state index is 0.609. The van der Waals surface area contributed by atoms with Gasteiger partial charge in [-0.05, 0) is 71.8 Å². The SMILES string of the molecule is c1ccc(-c2nc(-c3ccccc3)nc(-c3ccc4oc5cc(-c6ccc7oc8c(-n9c%10ccccc%10c%10ccccc%109)cccc8c7c6)ccc5c4c3)n2)cc1. The third kappa shape index (κ3) is 5.01. The summed E-state index contributed by atoms with van der Waals surface area (Å²) in [5.74, 6) is 1.87. The van der Waals surface area contributed by atoms with Gasteiger partial charge >= 0.3 is 0 Å². The van der Waals surface area contributed by atoms with Gasteiger partial charge in [-0.25, -0.2) is 15.0 Å². The van der Waals surface area contributed by atoms with Gasteiger partial charge in [-0.15, -0.1) is 0 Å². The van der Waals surface area contributed by atoms with Crippen LogP contribution in [0, 0.1) is 0 Å². The third-order valence-electron chi connectivity index (χ3n) is 11.1. The molecule has 0 aliphatic rings. The van der Waals surface area contributed by atoms with Gasteiger partial charge in [0.1, 0.15) is 16.7 Å². The lowest BCUT2D eigenvalue weighted by molar-refractivity contribution is 0.666. The predicted molar refractivity (Wildman–Crippen MR) is 230 cm³/mol. The molecule has 0 N–H and O–H groups in total. The van der Waals surface area contributed by atoms with Crippen LogP contribution in [-0.2, 0) is 0 Å². The van der Waals surface area contributed by atoms with Gasteiger partial charge in [0.15, 0.2) is 23.1 Å². The van der Waals surface area contributed by atoms with Crippen molar-refractivity contribution in [1.29, 1.82) is 0 Å². The molecule has 0 aliphatic carbocycles. The molecule has 0 saturated carbocycles. The molecule has 0 fully saturated rings. The van der Waals surface area contributed by atoms with Crippen LogP contribution in [0.25, 0.3) is 117 Å². The zero-order chi connectivity index (χ0) is 37.5. The Hall–Kier alpha value is -7.83. The van der Waals surface area contributed by atoms with E-state index in [-0.39, 0.29) is 0 Å². The lowest BCUT2D eigenvalue weighted by Gasteiger charge is -2.08. The van der Waals surface area contributed by atoms with Crippen molar-refractivity contribution in [1.82, 2.24) is 19.5 Å². The van der Waals surface area contributed by atoms with E-state index in [4.69, 9.17) is 23.8 Å². The van der Waals surface area contributed by atoms with Crippen LogP contribution < -0.4 is 0 Å². The fourth-order valence-electron chi connectivity index (χ4n) is 8.35. The molecule has 0 saturated heterocycles. The van der Waals surface area contributed by atoms with Crippen molar-refractivity contribution in [3.8, 4) is 51.0 Å². The second-order valence-corrected chi connectivity index (χ2v) is 14.4. The highest BCUT2D eigenvalue weighted by Gasteiger charge is 2.19. The van der Waals surface area contributed by atoms with Gasteiger partial charge in [0.25, 0.3) is 0 Å². The molecular weight excluding hydrogens is 701 g/mol. The maximum Gasteiger partial charge on any atom is 0.164 e. The Morgan fingerprint density at radius 2 is 0.825 bits per heavy atom. The van der Waals surface area contributed by atoms with Crippen molar-refractivity contribution < 1.29 is 8.83 Å². The molecule has 12 rings (SSSR count). The number of fused-ring (bicyclic) bond motifs is 9. The van der Waals surface area contributed by atoms with Crippen molar-refractivity contribution in [2.24, 2.45) is 0 Å². The summed E-state index contributed by atoms with van der Waals surface area (Å²) in [4.78, 5) is 14.8. The Morgan fingerprint density at radius 3 is 1.51 bits per heavy atom. The predicted octanol–water partition coefficient (Wildman–Crippen LogP) is 13.4. The maximum atomic E-state index is 6.67. The van der Waals surface area contributed by atoms with E-state index in [0.717, 1.165) is 88.4 Å². The molecule has 0 radical (unpaired) electrons. The summed E-state index contributed by atoms with van der Waals surface area (Å²) in [7, 11) is 0. The summed E-state index contributed by atoms with van der Waals surface area (Å²) in [6.45, 7) is 0. The summed E-state index contributed by atoms with van der Waals surface area (Å²) < 4.78 is 15.5. The van der Waals surface area contributed by atoms with E-state index in [1.54, 1.807) is 0 Å². The van der Waals surface area contributed by atoms with Crippen molar-refractivity contribution in [2.75, 3.05) is 0 Å². The largest absolute Gasteiger partial charge is 0.456 e. The molecule has 6 nitrogen and oxygen atoms in total. The molecule has 0 aliphatic heterocycles. The molecular formula is C51H30N4O2. The fraction of sp³-hybridized carbons (Fsp3) is 0. The Kier molecular flexibility index (Phi) is 6.83. The number of furan rings is 2. The quantitative estimate of drug-likeness (QED) is 0.176. The highest BCUT2D eigenvalue weighted by molar-refractivity contribution is 6.13. The van der Waals surface area contributed by atoms with Crippen LogP contribution in [-0.4, -0.2) is 19.5 Å². The zero-order valence-electron chi connectivity index (χ0n) is 30.4. The van der Waals surface area contributed by atoms with Gasteiger partial charge in [-0.2, -0.15) is 0 Å². The molecule has 0 unspecified atom stereocenters. The first-order valence-electron chi connectivity index (χ1n) is 19.0. The van der Waals surface area contributed by atoms with Crippen molar-refractivity contribution in [3.05, 3.63) is 182 Å². The van der Waals surface area contributed by atoms with Crippen LogP contribution in [0.2, 0.25) is 0 Å². The number of para-hydroxylation sites is 3. The Morgan fingerprint density at radius 1 is 0.316 bits per heavy atom. The second-order valence-electron chi connectivity index (χ2n) is 14.4. The first kappa shape index (κ1) is 31.5. The molecule has 0 atom stereocenters. The topological polar surface area (TPSA) is 69.9 Å². The standard InChI is InChI=1S/C51H30N4O2/c1-3-12-31(13-4-1)49-52-50(32-14-5-2-6-15-32)54-51(53-49)35-24-27-45-40(29-35)38-25-22-34(30-47(38)56-45)33-23-26-46-41(28-33)39-18-11-21-44(48(39)57-46)55-42-19-9-7-16-36(42)37-17-8-10-20-43(37)55/h1-30H. The number of nitrogens with zero attached hydrogens (tertiary/aromatic N) is 4. The monoisotopic (exact) mass is 730 g/mol. The molecule has 266 valence electrons. The molecule has 0 bridgehead atoms. The van der Waals surface area contributed by atoms with Gasteiger partial charge in [-0.1, -0.05) is 121 Å². The lowest BCUT2D eigenvalue weighted by atomic mass is 10.0. The smallest absolute Gasteiger partial charge is 0.164 e. The number of aromatic nitrogens is 4. The van der Waals surface area contributed by atoms with E-state index in [0.29, 0.717) is 17.5 Å². The second kappa shape index (κ2) is 12.3. The molecule has 4 aromatic heterocycles. The van der Waals surface area contributed by atoms with Crippen molar-refractivity contribution in [2.45, 2.75) is 0 Å². The Bertz CT molecular complexity index is 3410. The van der Waals surface area contributed by atoms with E-state index < -0.39 is 0 Å². The van der Waals surface area contributed by atoms with E-state index in [9.17, 15) is 0 Å². The third-order valence-corrected chi connectivity index (χ3v) is 11.1. The van der Waals surface area contributed by atoms with Gasteiger partial charge in [0, 0.05) is 49.0 Å². The van der Waals surface area contributed by atoms with Crippen LogP contribution in [0.1, 0.15) is 0 Å². The minimum Gasteiger partial charge on any atom is -0.456 e. The van der Waals surface area contributed by atoms with Gasteiger partial charge in [0.2, 0.25) is 0 Å². The molecule has 8 aromatic carbocycles. The van der Waals surface area contributed by atoms with E-state index in [2.05, 4.69) is 114 Å². The van der Waals surface area contributed by atoms with Crippen LogP contribution in [0.5, 0.6) is 0 Å². The molecule has 4 heterocycles. The zero-order valence-corrected chi connectivity index (χ0v) is 30.4. The summed E-state index contributed by atoms with van der Waals surface area (Å²) >= 11 is 0. The van der Waals surface area contributed by atoms with Gasteiger partial charge in [0.05, 0.1) is 16.7 Å². The number of benzene rings is 8. The molecule has 6 heteroatoms. The first-order valence-corrected chi connectivity index (χ1v) is 19.0. The molecule has 0 amide bonds. The number of hydrogen-bond acceptors (Lipinski definition) is 5. The summed E-state index contributed by atoms with van der Waals surface area (Å²) in [6.07, 6.45) is 0. The van der Waals surface area contributed by atoms with Gasteiger partial charge in [-0.3, -0.25) is 0 Å². The average Bonchev–Trinajstić information content (AvgIpc) is 3.95. The van der Waals surface area contributed by atoms with E-state index >= 15 is 0 Å². The average molecular weight is 731 g/mol. The van der Waals surface area contributed by atoms with Crippen molar-refractivity contribution in [3.63, 3.8) is 0 Å². The van der Waals surface area contributed by atoms with Crippen LogP contribution in [0.4, 0.5) is 0 Å². The Balaban J connectivity index is 0.950. The van der Waals surface area contributed by atoms with Crippen molar-refractivity contribution >= 4 is 65.7 Å². The molecule has 0 spiro atoms.